The van der Waals surface area contributed by atoms with E-state index in [1.165, 1.54) is 0 Å². The molecule has 6 nitrogen and oxygen atoms in total. The Hall–Kier alpha value is -1.95. The number of pyridine rings is 1. The minimum atomic E-state index is -0.320. The van der Waals surface area contributed by atoms with Gasteiger partial charge in [-0.25, -0.2) is 0 Å². The summed E-state index contributed by atoms with van der Waals surface area (Å²) in [7, 11) is 5.89. The Balaban J connectivity index is 1.82. The van der Waals surface area contributed by atoms with Crippen molar-refractivity contribution in [2.45, 2.75) is 25.4 Å². The highest BCUT2D eigenvalue weighted by Gasteiger charge is 2.46. The van der Waals surface area contributed by atoms with Gasteiger partial charge >= 0.3 is 0 Å². The maximum absolute atomic E-state index is 13.1. The fourth-order valence-corrected chi connectivity index (χ4v) is 4.13. The lowest BCUT2D eigenvalue weighted by atomic mass is 9.93. The Morgan fingerprint density at radius 1 is 1.33 bits per heavy atom. The van der Waals surface area contributed by atoms with Gasteiger partial charge in [0.25, 0.3) is 0 Å². The molecule has 0 saturated carbocycles. The zero-order valence-corrected chi connectivity index (χ0v) is 14.8. The molecule has 130 valence electrons. The molecule has 0 aromatic carbocycles. The SMILES string of the molecule is C[C@@H]1CN(C(=O)[C@@H]2CC(=O)N(C)[C@@H]2c2cccnc2)C[C@H]1N(C)C. The second-order valence-electron chi connectivity index (χ2n) is 7.30. The normalized spacial score (nSPS) is 30.5. The molecule has 0 radical (unpaired) electrons. The van der Waals surface area contributed by atoms with Crippen LogP contribution in [0.15, 0.2) is 24.5 Å². The van der Waals surface area contributed by atoms with Gasteiger partial charge in [-0.3, -0.25) is 14.6 Å². The maximum atomic E-state index is 13.1. The summed E-state index contributed by atoms with van der Waals surface area (Å²) in [5.41, 5.74) is 0.931. The highest BCUT2D eigenvalue weighted by atomic mass is 16.2. The number of likely N-dealkylation sites (tertiary alicyclic amines) is 2. The highest BCUT2D eigenvalue weighted by Crippen LogP contribution is 2.38. The molecule has 2 amide bonds. The van der Waals surface area contributed by atoms with Gasteiger partial charge in [0, 0.05) is 45.0 Å². The van der Waals surface area contributed by atoms with Crippen LogP contribution in [0.5, 0.6) is 0 Å². The molecule has 2 aliphatic rings. The van der Waals surface area contributed by atoms with Crippen LogP contribution in [0.3, 0.4) is 0 Å². The van der Waals surface area contributed by atoms with Crippen LogP contribution in [0.4, 0.5) is 0 Å². The van der Waals surface area contributed by atoms with Crippen LogP contribution in [0.25, 0.3) is 0 Å². The molecule has 0 aliphatic carbocycles. The first-order chi connectivity index (χ1) is 11.4. The first-order valence-corrected chi connectivity index (χ1v) is 8.51. The first kappa shape index (κ1) is 16.9. The molecular weight excluding hydrogens is 304 g/mol. The number of carbonyl (C=O) groups is 2. The van der Waals surface area contributed by atoms with Gasteiger partial charge in [-0.05, 0) is 31.6 Å². The molecule has 6 heteroatoms. The molecular formula is C18H26N4O2. The van der Waals surface area contributed by atoms with E-state index in [0.29, 0.717) is 12.0 Å². The zero-order chi connectivity index (χ0) is 17.4. The van der Waals surface area contributed by atoms with Crippen LogP contribution < -0.4 is 0 Å². The topological polar surface area (TPSA) is 56.8 Å². The predicted octanol–water partition coefficient (Wildman–Crippen LogP) is 1.01. The molecule has 1 aromatic heterocycles. The van der Waals surface area contributed by atoms with Crippen molar-refractivity contribution in [3.05, 3.63) is 30.1 Å². The molecule has 4 atom stereocenters. The quantitative estimate of drug-likeness (QED) is 0.830. The van der Waals surface area contributed by atoms with Gasteiger partial charge in [-0.1, -0.05) is 13.0 Å². The summed E-state index contributed by atoms with van der Waals surface area (Å²) >= 11 is 0. The Morgan fingerprint density at radius 3 is 2.67 bits per heavy atom. The molecule has 0 unspecified atom stereocenters. The third-order valence-corrected chi connectivity index (χ3v) is 5.48. The fourth-order valence-electron chi connectivity index (χ4n) is 4.13. The average Bonchev–Trinajstić information content (AvgIpc) is 3.09. The Kier molecular flexibility index (Phi) is 4.58. The summed E-state index contributed by atoms with van der Waals surface area (Å²) < 4.78 is 0. The first-order valence-electron chi connectivity index (χ1n) is 8.51. The number of nitrogens with zero attached hydrogens (tertiary/aromatic N) is 4. The molecule has 3 rings (SSSR count). The van der Waals surface area contributed by atoms with Crippen LogP contribution >= 0.6 is 0 Å². The maximum Gasteiger partial charge on any atom is 0.228 e. The van der Waals surface area contributed by atoms with Crippen molar-refractivity contribution in [3.63, 3.8) is 0 Å². The van der Waals surface area contributed by atoms with Gasteiger partial charge in [0.05, 0.1) is 12.0 Å². The average molecular weight is 330 g/mol. The zero-order valence-electron chi connectivity index (χ0n) is 14.8. The number of amides is 2. The highest BCUT2D eigenvalue weighted by molar-refractivity contribution is 5.90. The van der Waals surface area contributed by atoms with E-state index in [1.807, 2.05) is 17.0 Å². The lowest BCUT2D eigenvalue weighted by Gasteiger charge is -2.28. The molecule has 2 aliphatic heterocycles. The molecule has 2 fully saturated rings. The monoisotopic (exact) mass is 330 g/mol. The van der Waals surface area contributed by atoms with E-state index in [0.717, 1.165) is 18.7 Å². The smallest absolute Gasteiger partial charge is 0.228 e. The van der Waals surface area contributed by atoms with Crippen molar-refractivity contribution in [2.24, 2.45) is 11.8 Å². The molecule has 0 spiro atoms. The van der Waals surface area contributed by atoms with Gasteiger partial charge in [-0.15, -0.1) is 0 Å². The summed E-state index contributed by atoms with van der Waals surface area (Å²) in [6.45, 7) is 3.68. The van der Waals surface area contributed by atoms with Crippen molar-refractivity contribution in [2.75, 3.05) is 34.2 Å². The van der Waals surface area contributed by atoms with Gasteiger partial charge in [0.1, 0.15) is 0 Å². The van der Waals surface area contributed by atoms with E-state index in [1.54, 1.807) is 24.3 Å². The largest absolute Gasteiger partial charge is 0.340 e. The van der Waals surface area contributed by atoms with Gasteiger partial charge in [0.2, 0.25) is 11.8 Å². The van der Waals surface area contributed by atoms with Crippen molar-refractivity contribution < 1.29 is 9.59 Å². The van der Waals surface area contributed by atoms with Crippen LogP contribution in [0, 0.1) is 11.8 Å². The number of hydrogen-bond acceptors (Lipinski definition) is 4. The number of rotatable bonds is 3. The third kappa shape index (κ3) is 2.90. The van der Waals surface area contributed by atoms with E-state index < -0.39 is 0 Å². The Morgan fingerprint density at radius 2 is 2.08 bits per heavy atom. The fraction of sp³-hybridized carbons (Fsp3) is 0.611. The summed E-state index contributed by atoms with van der Waals surface area (Å²) in [4.78, 5) is 35.4. The second kappa shape index (κ2) is 6.51. The van der Waals surface area contributed by atoms with Crippen molar-refractivity contribution in [1.82, 2.24) is 19.7 Å². The Bertz CT molecular complexity index is 619. The lowest BCUT2D eigenvalue weighted by Crippen LogP contribution is -2.39. The summed E-state index contributed by atoms with van der Waals surface area (Å²) in [6.07, 6.45) is 3.75. The summed E-state index contributed by atoms with van der Waals surface area (Å²) in [5, 5.41) is 0. The van der Waals surface area contributed by atoms with Gasteiger partial charge in [-0.2, -0.15) is 0 Å². The number of likely N-dealkylation sites (N-methyl/N-ethyl adjacent to an activating group) is 1. The molecule has 24 heavy (non-hydrogen) atoms. The molecule has 3 heterocycles. The van der Waals surface area contributed by atoms with Gasteiger partial charge in [0.15, 0.2) is 0 Å². The van der Waals surface area contributed by atoms with Gasteiger partial charge < -0.3 is 14.7 Å². The van der Waals surface area contributed by atoms with E-state index >= 15 is 0 Å². The predicted molar refractivity (Wildman–Crippen MR) is 91.1 cm³/mol. The minimum absolute atomic E-state index is 0.0265. The van der Waals surface area contributed by atoms with Crippen LogP contribution in [0.2, 0.25) is 0 Å². The molecule has 0 bridgehead atoms. The van der Waals surface area contributed by atoms with Crippen LogP contribution in [-0.2, 0) is 9.59 Å². The number of aromatic nitrogens is 1. The van der Waals surface area contributed by atoms with Crippen molar-refractivity contribution >= 4 is 11.8 Å². The minimum Gasteiger partial charge on any atom is -0.340 e. The lowest BCUT2D eigenvalue weighted by molar-refractivity contribution is -0.135. The molecule has 1 aromatic rings. The number of hydrogen-bond donors (Lipinski definition) is 0. The summed E-state index contributed by atoms with van der Waals surface area (Å²) in [5.74, 6) is 0.242. The molecule has 0 N–H and O–H groups in total. The van der Waals surface area contributed by atoms with Crippen LogP contribution in [-0.4, -0.2) is 71.8 Å². The summed E-state index contributed by atoms with van der Waals surface area (Å²) in [6, 6.07) is 3.96. The van der Waals surface area contributed by atoms with Crippen LogP contribution in [0.1, 0.15) is 24.9 Å². The Labute approximate surface area is 143 Å². The van der Waals surface area contributed by atoms with Crippen molar-refractivity contribution in [1.29, 1.82) is 0 Å². The number of carbonyl (C=O) groups excluding carboxylic acids is 2. The molecule has 2 saturated heterocycles. The third-order valence-electron chi connectivity index (χ3n) is 5.48. The van der Waals surface area contributed by atoms with E-state index in [4.69, 9.17) is 0 Å². The second-order valence-corrected chi connectivity index (χ2v) is 7.30. The van der Waals surface area contributed by atoms with E-state index in [2.05, 4.69) is 30.9 Å². The van der Waals surface area contributed by atoms with Crippen molar-refractivity contribution in [3.8, 4) is 0 Å². The van der Waals surface area contributed by atoms with E-state index in [9.17, 15) is 9.59 Å². The standard InChI is InChI=1S/C18H26N4O2/c1-12-10-22(11-15(12)20(2)3)18(24)14-8-16(23)21(4)17(14)13-6-5-7-19-9-13/h5-7,9,12,14-15,17H,8,10-11H2,1-4H3/t12-,14-,15-,17-/m1/s1. The van der Waals surface area contributed by atoms with E-state index in [-0.39, 0.29) is 30.2 Å².